The van der Waals surface area contributed by atoms with Crippen LogP contribution >= 0.6 is 0 Å². The van der Waals surface area contributed by atoms with Crippen LogP contribution in [0.1, 0.15) is 37.0 Å². The highest BCUT2D eigenvalue weighted by atomic mass is 16.3. The summed E-state index contributed by atoms with van der Waals surface area (Å²) in [5.41, 5.74) is 6.14. The average molecular weight is 266 g/mol. The first-order chi connectivity index (χ1) is 8.99. The van der Waals surface area contributed by atoms with Crippen LogP contribution in [0.4, 0.5) is 0 Å². The van der Waals surface area contributed by atoms with E-state index in [-0.39, 0.29) is 29.0 Å². The van der Waals surface area contributed by atoms with E-state index in [4.69, 9.17) is 10.8 Å². The van der Waals surface area contributed by atoms with Crippen LogP contribution in [0.3, 0.4) is 0 Å². The minimum Gasteiger partial charge on any atom is -0.508 e. The van der Waals surface area contributed by atoms with Gasteiger partial charge in [-0.3, -0.25) is 4.79 Å². The summed E-state index contributed by atoms with van der Waals surface area (Å²) in [7, 11) is 0. The standard InChI is InChI=1S/C14H22N2O3/c1-3-9(4-2)12(15)8-16-14(19)11-6-5-10(17)7-13(11)18/h5-7,9,12,17-18H,3-4,8,15H2,1-2H3,(H,16,19). The normalized spacial score (nSPS) is 12.4. The Labute approximate surface area is 113 Å². The van der Waals surface area contributed by atoms with Crippen LogP contribution in [-0.4, -0.2) is 28.7 Å². The van der Waals surface area contributed by atoms with Gasteiger partial charge in [0.15, 0.2) is 0 Å². The molecule has 5 nitrogen and oxygen atoms in total. The van der Waals surface area contributed by atoms with Crippen LogP contribution in [0.25, 0.3) is 0 Å². The van der Waals surface area contributed by atoms with E-state index in [9.17, 15) is 9.90 Å². The second kappa shape index (κ2) is 6.99. The van der Waals surface area contributed by atoms with Crippen molar-refractivity contribution >= 4 is 5.91 Å². The minimum atomic E-state index is -0.390. The van der Waals surface area contributed by atoms with Gasteiger partial charge in [0.1, 0.15) is 11.5 Å². The SMILES string of the molecule is CCC(CC)C(N)CNC(=O)c1ccc(O)cc1O. The van der Waals surface area contributed by atoms with E-state index < -0.39 is 0 Å². The Morgan fingerprint density at radius 2 is 1.95 bits per heavy atom. The maximum absolute atomic E-state index is 11.9. The van der Waals surface area contributed by atoms with Gasteiger partial charge in [0.05, 0.1) is 5.56 Å². The number of benzene rings is 1. The molecule has 0 spiro atoms. The lowest BCUT2D eigenvalue weighted by molar-refractivity contribution is 0.0945. The molecule has 1 aromatic carbocycles. The largest absolute Gasteiger partial charge is 0.508 e. The third-order valence-electron chi connectivity index (χ3n) is 3.38. The predicted molar refractivity (Wildman–Crippen MR) is 74.2 cm³/mol. The van der Waals surface area contributed by atoms with E-state index in [1.165, 1.54) is 12.1 Å². The molecule has 1 rings (SSSR count). The van der Waals surface area contributed by atoms with Crippen molar-refractivity contribution in [1.29, 1.82) is 0 Å². The molecule has 0 aliphatic rings. The zero-order valence-corrected chi connectivity index (χ0v) is 11.4. The molecule has 0 aliphatic carbocycles. The van der Waals surface area contributed by atoms with Crippen molar-refractivity contribution in [3.05, 3.63) is 23.8 Å². The molecule has 1 atom stereocenters. The summed E-state index contributed by atoms with van der Waals surface area (Å²) in [6.07, 6.45) is 1.94. The molecule has 5 heteroatoms. The fraction of sp³-hybridized carbons (Fsp3) is 0.500. The van der Waals surface area contributed by atoms with Gasteiger partial charge in [-0.05, 0) is 18.1 Å². The fourth-order valence-electron chi connectivity index (χ4n) is 2.08. The van der Waals surface area contributed by atoms with Crippen LogP contribution in [0.15, 0.2) is 18.2 Å². The Hall–Kier alpha value is -1.75. The summed E-state index contributed by atoms with van der Waals surface area (Å²) < 4.78 is 0. The molecule has 5 N–H and O–H groups in total. The number of carbonyl (C=O) groups is 1. The number of phenols is 2. The highest BCUT2D eigenvalue weighted by Gasteiger charge is 2.16. The van der Waals surface area contributed by atoms with Crippen LogP contribution in [0.2, 0.25) is 0 Å². The monoisotopic (exact) mass is 266 g/mol. The van der Waals surface area contributed by atoms with E-state index in [2.05, 4.69) is 19.2 Å². The summed E-state index contributed by atoms with van der Waals surface area (Å²) >= 11 is 0. The van der Waals surface area contributed by atoms with Gasteiger partial charge in [0.2, 0.25) is 0 Å². The van der Waals surface area contributed by atoms with Crippen molar-refractivity contribution in [3.63, 3.8) is 0 Å². The van der Waals surface area contributed by atoms with Crippen LogP contribution in [0.5, 0.6) is 11.5 Å². The number of hydrogen-bond acceptors (Lipinski definition) is 4. The molecule has 1 amide bonds. The molecule has 0 aliphatic heterocycles. The van der Waals surface area contributed by atoms with Gasteiger partial charge in [-0.25, -0.2) is 0 Å². The molecule has 0 saturated carbocycles. The maximum atomic E-state index is 11.9. The van der Waals surface area contributed by atoms with Gasteiger partial charge < -0.3 is 21.3 Å². The van der Waals surface area contributed by atoms with E-state index in [0.29, 0.717) is 12.5 Å². The number of rotatable bonds is 6. The van der Waals surface area contributed by atoms with Gasteiger partial charge in [0.25, 0.3) is 5.91 Å². The summed E-state index contributed by atoms with van der Waals surface area (Å²) in [6.45, 7) is 4.51. The number of nitrogens with one attached hydrogen (secondary N) is 1. The number of phenolic OH excluding ortho intramolecular Hbond substituents is 2. The van der Waals surface area contributed by atoms with E-state index in [1.54, 1.807) is 0 Å². The van der Waals surface area contributed by atoms with Crippen molar-refractivity contribution in [1.82, 2.24) is 5.32 Å². The van der Waals surface area contributed by atoms with Crippen LogP contribution in [0, 0.1) is 5.92 Å². The third kappa shape index (κ3) is 4.13. The molecular weight excluding hydrogens is 244 g/mol. The Bertz CT molecular complexity index is 431. The summed E-state index contributed by atoms with van der Waals surface area (Å²) in [5, 5.41) is 21.4. The van der Waals surface area contributed by atoms with E-state index in [1.807, 2.05) is 0 Å². The highest BCUT2D eigenvalue weighted by Crippen LogP contribution is 2.22. The van der Waals surface area contributed by atoms with Gasteiger partial charge in [0, 0.05) is 18.7 Å². The second-order valence-corrected chi connectivity index (χ2v) is 4.65. The molecule has 19 heavy (non-hydrogen) atoms. The summed E-state index contributed by atoms with van der Waals surface area (Å²) in [6, 6.07) is 3.77. The lowest BCUT2D eigenvalue weighted by atomic mass is 9.95. The molecule has 0 bridgehead atoms. The molecular formula is C14H22N2O3. The molecule has 0 heterocycles. The molecule has 106 valence electrons. The fourth-order valence-corrected chi connectivity index (χ4v) is 2.08. The van der Waals surface area contributed by atoms with Crippen LogP contribution in [-0.2, 0) is 0 Å². The van der Waals surface area contributed by atoms with Crippen molar-refractivity contribution in [3.8, 4) is 11.5 Å². The predicted octanol–water partition coefficient (Wildman–Crippen LogP) is 1.59. The van der Waals surface area contributed by atoms with E-state index >= 15 is 0 Å². The third-order valence-corrected chi connectivity index (χ3v) is 3.38. The Morgan fingerprint density at radius 3 is 2.47 bits per heavy atom. The van der Waals surface area contributed by atoms with Gasteiger partial charge in [-0.15, -0.1) is 0 Å². The minimum absolute atomic E-state index is 0.0808. The summed E-state index contributed by atoms with van der Waals surface area (Å²) in [4.78, 5) is 11.9. The number of hydrogen-bond donors (Lipinski definition) is 4. The van der Waals surface area contributed by atoms with Crippen molar-refractivity contribution in [2.75, 3.05) is 6.54 Å². The first kappa shape index (κ1) is 15.3. The van der Waals surface area contributed by atoms with Gasteiger partial charge >= 0.3 is 0 Å². The topological polar surface area (TPSA) is 95.6 Å². The summed E-state index contributed by atoms with van der Waals surface area (Å²) in [5.74, 6) is -0.344. The molecule has 1 aromatic rings. The van der Waals surface area contributed by atoms with Crippen molar-refractivity contribution in [2.45, 2.75) is 32.7 Å². The Morgan fingerprint density at radius 1 is 1.32 bits per heavy atom. The smallest absolute Gasteiger partial charge is 0.255 e. The first-order valence-corrected chi connectivity index (χ1v) is 6.55. The highest BCUT2D eigenvalue weighted by molar-refractivity contribution is 5.97. The second-order valence-electron chi connectivity index (χ2n) is 4.65. The lowest BCUT2D eigenvalue weighted by Gasteiger charge is -2.21. The quantitative estimate of drug-likeness (QED) is 0.628. The van der Waals surface area contributed by atoms with Gasteiger partial charge in [-0.1, -0.05) is 26.7 Å². The zero-order valence-electron chi connectivity index (χ0n) is 11.4. The van der Waals surface area contributed by atoms with Crippen molar-refractivity contribution < 1.29 is 15.0 Å². The zero-order chi connectivity index (χ0) is 14.4. The van der Waals surface area contributed by atoms with Crippen LogP contribution < -0.4 is 11.1 Å². The number of carbonyl (C=O) groups excluding carboxylic acids is 1. The number of aromatic hydroxyl groups is 2. The molecule has 0 fully saturated rings. The first-order valence-electron chi connectivity index (χ1n) is 6.55. The molecule has 0 aromatic heterocycles. The van der Waals surface area contributed by atoms with E-state index in [0.717, 1.165) is 18.9 Å². The van der Waals surface area contributed by atoms with Gasteiger partial charge in [-0.2, -0.15) is 0 Å². The maximum Gasteiger partial charge on any atom is 0.255 e. The molecule has 0 radical (unpaired) electrons. The molecule has 0 saturated heterocycles. The Balaban J connectivity index is 2.60. The van der Waals surface area contributed by atoms with Crippen molar-refractivity contribution in [2.24, 2.45) is 11.7 Å². The lowest BCUT2D eigenvalue weighted by Crippen LogP contribution is -2.41. The average Bonchev–Trinajstić information content (AvgIpc) is 2.37. The number of nitrogens with two attached hydrogens (primary N) is 1. The molecule has 1 unspecified atom stereocenters. The number of amides is 1. The Kier molecular flexibility index (Phi) is 5.63.